The molecule has 0 saturated heterocycles. The van der Waals surface area contributed by atoms with E-state index in [9.17, 15) is 9.59 Å². The number of benzene rings is 2. The van der Waals surface area contributed by atoms with Crippen LogP contribution in [0.1, 0.15) is 28.4 Å². The van der Waals surface area contributed by atoms with Crippen molar-refractivity contribution in [2.24, 2.45) is 0 Å². The number of carbonyl (C=O) groups is 2. The average Bonchev–Trinajstić information content (AvgIpc) is 3.19. The van der Waals surface area contributed by atoms with E-state index in [4.69, 9.17) is 23.7 Å². The Labute approximate surface area is 168 Å². The van der Waals surface area contributed by atoms with Gasteiger partial charge >= 0.3 is 5.97 Å². The highest BCUT2D eigenvalue weighted by Crippen LogP contribution is 2.32. The molecular formula is C21H23NO7. The molecule has 0 spiro atoms. The molecule has 2 aromatic rings. The predicted octanol–water partition coefficient (Wildman–Crippen LogP) is 2.60. The first kappa shape index (κ1) is 20.3. The monoisotopic (exact) mass is 401 g/mol. The van der Waals surface area contributed by atoms with Gasteiger partial charge in [0.15, 0.2) is 17.6 Å². The van der Waals surface area contributed by atoms with Crippen molar-refractivity contribution in [2.75, 3.05) is 21.0 Å². The highest BCUT2D eigenvalue weighted by molar-refractivity contribution is 5.93. The van der Waals surface area contributed by atoms with Crippen molar-refractivity contribution in [3.05, 3.63) is 47.0 Å². The Kier molecular flexibility index (Phi) is 6.11. The quantitative estimate of drug-likeness (QED) is 0.713. The third-order valence-corrected chi connectivity index (χ3v) is 4.54. The summed E-state index contributed by atoms with van der Waals surface area (Å²) < 4.78 is 26.4. The number of fused-ring (bicyclic) bond motifs is 1. The largest absolute Gasteiger partial charge is 0.496 e. The first-order valence-corrected chi connectivity index (χ1v) is 9.02. The number of carbonyl (C=O) groups excluding carboxylic acids is 2. The van der Waals surface area contributed by atoms with E-state index in [0.29, 0.717) is 23.0 Å². The Morgan fingerprint density at radius 3 is 2.38 bits per heavy atom. The molecule has 1 atom stereocenters. The van der Waals surface area contributed by atoms with E-state index in [1.54, 1.807) is 24.3 Å². The molecule has 1 amide bonds. The Balaban J connectivity index is 1.60. The van der Waals surface area contributed by atoms with Gasteiger partial charge in [-0.25, -0.2) is 4.79 Å². The topological polar surface area (TPSA) is 92.3 Å². The Morgan fingerprint density at radius 1 is 1.07 bits per heavy atom. The van der Waals surface area contributed by atoms with Crippen LogP contribution in [-0.4, -0.2) is 39.0 Å². The van der Waals surface area contributed by atoms with Gasteiger partial charge in [-0.1, -0.05) is 6.07 Å². The lowest BCUT2D eigenvalue weighted by molar-refractivity contribution is -0.129. The normalized spacial score (nSPS) is 12.8. The molecule has 1 aliphatic heterocycles. The molecule has 0 aliphatic carbocycles. The van der Waals surface area contributed by atoms with E-state index in [0.717, 1.165) is 11.1 Å². The average molecular weight is 401 g/mol. The molecule has 8 nitrogen and oxygen atoms in total. The Hall–Kier alpha value is -3.42. The lowest BCUT2D eigenvalue weighted by atomic mass is 10.1. The van der Waals surface area contributed by atoms with E-state index in [1.165, 1.54) is 21.1 Å². The lowest BCUT2D eigenvalue weighted by Crippen LogP contribution is -2.35. The van der Waals surface area contributed by atoms with Gasteiger partial charge in [0, 0.05) is 12.1 Å². The van der Waals surface area contributed by atoms with Gasteiger partial charge in [0.25, 0.3) is 5.91 Å². The number of nitrogens with one attached hydrogen (secondary N) is 1. The molecular weight excluding hydrogens is 378 g/mol. The van der Waals surface area contributed by atoms with Crippen LogP contribution in [-0.2, 0) is 16.1 Å². The van der Waals surface area contributed by atoms with Crippen molar-refractivity contribution in [1.29, 1.82) is 0 Å². The summed E-state index contributed by atoms with van der Waals surface area (Å²) >= 11 is 0. The van der Waals surface area contributed by atoms with Gasteiger partial charge in [-0.2, -0.15) is 0 Å². The number of rotatable bonds is 7. The summed E-state index contributed by atoms with van der Waals surface area (Å²) in [5, 5.41) is 2.74. The summed E-state index contributed by atoms with van der Waals surface area (Å²) in [6.45, 7) is 3.78. The van der Waals surface area contributed by atoms with Crippen LogP contribution in [0.3, 0.4) is 0 Å². The van der Waals surface area contributed by atoms with Gasteiger partial charge < -0.3 is 29.0 Å². The minimum absolute atomic E-state index is 0.187. The number of hydrogen-bond donors (Lipinski definition) is 1. The lowest BCUT2D eigenvalue weighted by Gasteiger charge is -2.15. The van der Waals surface area contributed by atoms with Crippen molar-refractivity contribution in [2.45, 2.75) is 26.5 Å². The Morgan fingerprint density at radius 2 is 1.72 bits per heavy atom. The number of methoxy groups -OCH3 is 2. The fourth-order valence-corrected chi connectivity index (χ4v) is 2.87. The summed E-state index contributed by atoms with van der Waals surface area (Å²) in [5.74, 6) is 1.24. The smallest absolute Gasteiger partial charge is 0.339 e. The van der Waals surface area contributed by atoms with Gasteiger partial charge in [0.2, 0.25) is 6.79 Å². The zero-order valence-corrected chi connectivity index (χ0v) is 16.7. The number of amides is 1. The molecule has 0 fully saturated rings. The second kappa shape index (κ2) is 8.72. The van der Waals surface area contributed by atoms with Crippen LogP contribution in [0.2, 0.25) is 0 Å². The molecule has 0 unspecified atom stereocenters. The summed E-state index contributed by atoms with van der Waals surface area (Å²) in [6, 6.07) is 8.51. The van der Waals surface area contributed by atoms with Gasteiger partial charge in [0.1, 0.15) is 11.5 Å². The summed E-state index contributed by atoms with van der Waals surface area (Å²) in [7, 11) is 3.01. The van der Waals surface area contributed by atoms with Gasteiger partial charge in [0.05, 0.1) is 19.8 Å². The number of hydrogen-bond acceptors (Lipinski definition) is 7. The van der Waals surface area contributed by atoms with Crippen molar-refractivity contribution >= 4 is 11.9 Å². The van der Waals surface area contributed by atoms with Crippen LogP contribution in [0.4, 0.5) is 0 Å². The van der Waals surface area contributed by atoms with Crippen LogP contribution in [0.25, 0.3) is 0 Å². The maximum absolute atomic E-state index is 12.5. The molecule has 1 aliphatic rings. The van der Waals surface area contributed by atoms with Crippen LogP contribution >= 0.6 is 0 Å². The minimum atomic E-state index is -0.977. The molecule has 8 heteroatoms. The third-order valence-electron chi connectivity index (χ3n) is 4.54. The molecule has 1 N–H and O–H groups in total. The Bertz CT molecular complexity index is 900. The van der Waals surface area contributed by atoms with E-state index in [1.807, 2.05) is 13.0 Å². The van der Waals surface area contributed by atoms with Crippen LogP contribution in [0, 0.1) is 6.92 Å². The second-order valence-electron chi connectivity index (χ2n) is 6.46. The summed E-state index contributed by atoms with van der Waals surface area (Å²) in [4.78, 5) is 24.8. The highest BCUT2D eigenvalue weighted by atomic mass is 16.7. The zero-order valence-electron chi connectivity index (χ0n) is 16.7. The molecule has 0 bridgehead atoms. The second-order valence-corrected chi connectivity index (χ2v) is 6.46. The molecule has 0 radical (unpaired) electrons. The van der Waals surface area contributed by atoms with Crippen molar-refractivity contribution in [3.63, 3.8) is 0 Å². The molecule has 2 aromatic carbocycles. The van der Waals surface area contributed by atoms with Crippen molar-refractivity contribution < 1.29 is 33.3 Å². The van der Waals surface area contributed by atoms with Gasteiger partial charge in [-0.3, -0.25) is 4.79 Å². The van der Waals surface area contributed by atoms with E-state index < -0.39 is 18.0 Å². The SMILES string of the molecule is COc1cc(C(=O)O[C@@H](C)C(=O)NCc2ccc3c(c2)OCO3)cc(OC)c1C. The molecule has 3 rings (SSSR count). The van der Waals surface area contributed by atoms with Crippen LogP contribution in [0.5, 0.6) is 23.0 Å². The van der Waals surface area contributed by atoms with Gasteiger partial charge in [-0.05, 0) is 43.7 Å². The van der Waals surface area contributed by atoms with Crippen LogP contribution < -0.4 is 24.3 Å². The molecule has 0 aromatic heterocycles. The summed E-state index contributed by atoms with van der Waals surface area (Å²) in [5.41, 5.74) is 1.84. The first-order chi connectivity index (χ1) is 13.9. The van der Waals surface area contributed by atoms with E-state index in [2.05, 4.69) is 5.32 Å². The standard InChI is InChI=1S/C21H23NO7/c1-12-17(25-3)8-15(9-18(12)26-4)21(24)29-13(2)20(23)22-10-14-5-6-16-19(7-14)28-11-27-16/h5-9,13H,10-11H2,1-4H3,(H,22,23)/t13-/m0/s1. The predicted molar refractivity (Wildman–Crippen MR) is 104 cm³/mol. The highest BCUT2D eigenvalue weighted by Gasteiger charge is 2.21. The molecule has 29 heavy (non-hydrogen) atoms. The first-order valence-electron chi connectivity index (χ1n) is 9.02. The maximum atomic E-state index is 12.5. The molecule has 1 heterocycles. The van der Waals surface area contributed by atoms with Crippen molar-refractivity contribution in [3.8, 4) is 23.0 Å². The fraction of sp³-hybridized carbons (Fsp3) is 0.333. The van der Waals surface area contributed by atoms with E-state index in [-0.39, 0.29) is 18.9 Å². The third kappa shape index (κ3) is 4.53. The molecule has 154 valence electrons. The minimum Gasteiger partial charge on any atom is -0.496 e. The van der Waals surface area contributed by atoms with E-state index >= 15 is 0 Å². The number of ether oxygens (including phenoxy) is 5. The van der Waals surface area contributed by atoms with Gasteiger partial charge in [-0.15, -0.1) is 0 Å². The zero-order chi connectivity index (χ0) is 21.0. The van der Waals surface area contributed by atoms with Crippen LogP contribution in [0.15, 0.2) is 30.3 Å². The summed E-state index contributed by atoms with van der Waals surface area (Å²) in [6.07, 6.45) is -0.977. The maximum Gasteiger partial charge on any atom is 0.339 e. The van der Waals surface area contributed by atoms with Crippen molar-refractivity contribution in [1.82, 2.24) is 5.32 Å². The fourth-order valence-electron chi connectivity index (χ4n) is 2.87. The number of esters is 1. The molecule has 0 saturated carbocycles.